The van der Waals surface area contributed by atoms with E-state index in [-0.39, 0.29) is 11.5 Å². The van der Waals surface area contributed by atoms with Gasteiger partial charge < -0.3 is 9.73 Å². The van der Waals surface area contributed by atoms with E-state index >= 15 is 0 Å². The molecule has 0 aliphatic rings. The molecule has 0 unspecified atom stereocenters. The summed E-state index contributed by atoms with van der Waals surface area (Å²) in [6.45, 7) is 1.41. The van der Waals surface area contributed by atoms with Gasteiger partial charge in [0.25, 0.3) is 5.56 Å². The normalized spacial score (nSPS) is 11.2. The van der Waals surface area contributed by atoms with Crippen molar-refractivity contribution in [1.29, 1.82) is 0 Å². The number of fused-ring (bicyclic) bond motifs is 2. The fourth-order valence-corrected chi connectivity index (χ4v) is 5.73. The predicted octanol–water partition coefficient (Wildman–Crippen LogP) is 5.02. The first-order chi connectivity index (χ1) is 16.4. The van der Waals surface area contributed by atoms with Crippen LogP contribution in [0.2, 0.25) is 0 Å². The van der Waals surface area contributed by atoms with E-state index in [2.05, 4.69) is 5.32 Å². The Balaban J connectivity index is 1.49. The minimum absolute atomic E-state index is 0.108. The summed E-state index contributed by atoms with van der Waals surface area (Å²) in [5.41, 5.74) is 2.15. The molecule has 2 aromatic carbocycles. The van der Waals surface area contributed by atoms with Crippen LogP contribution in [0.4, 0.5) is 5.69 Å². The molecular formula is C25H19N3O4S2. The van der Waals surface area contributed by atoms with E-state index in [1.807, 2.05) is 36.4 Å². The lowest BCUT2D eigenvalue weighted by atomic mass is 10.1. The summed E-state index contributed by atoms with van der Waals surface area (Å²) in [7, 11) is 1.70. The number of anilines is 1. The number of rotatable bonds is 5. The van der Waals surface area contributed by atoms with Crippen LogP contribution in [0, 0.1) is 0 Å². The van der Waals surface area contributed by atoms with Gasteiger partial charge in [0.1, 0.15) is 10.4 Å². The van der Waals surface area contributed by atoms with Crippen LogP contribution in [0.3, 0.4) is 0 Å². The number of nitrogens with zero attached hydrogens (tertiary/aromatic N) is 2. The Morgan fingerprint density at radius 1 is 1.09 bits per heavy atom. The summed E-state index contributed by atoms with van der Waals surface area (Å²) in [5, 5.41) is 4.60. The second-order valence-corrected chi connectivity index (χ2v) is 9.70. The highest BCUT2D eigenvalue weighted by atomic mass is 32.2. The van der Waals surface area contributed by atoms with Gasteiger partial charge in [0.05, 0.1) is 5.39 Å². The van der Waals surface area contributed by atoms with Crippen molar-refractivity contribution >= 4 is 55.9 Å². The Morgan fingerprint density at radius 2 is 1.88 bits per heavy atom. The summed E-state index contributed by atoms with van der Waals surface area (Å²) in [4.78, 5) is 42.9. The number of aromatic nitrogens is 2. The highest BCUT2D eigenvalue weighted by Gasteiger charge is 2.15. The zero-order valence-corrected chi connectivity index (χ0v) is 20.0. The number of nitrogens with one attached hydrogen (secondary N) is 1. The molecule has 3 heterocycles. The first-order valence-corrected chi connectivity index (χ1v) is 12.2. The smallest absolute Gasteiger partial charge is 0.336 e. The molecule has 9 heteroatoms. The van der Waals surface area contributed by atoms with Crippen LogP contribution in [-0.2, 0) is 17.6 Å². The highest BCUT2D eigenvalue weighted by Crippen LogP contribution is 2.33. The number of hydrogen-bond acceptors (Lipinski definition) is 7. The Hall–Kier alpha value is -3.69. The van der Waals surface area contributed by atoms with Crippen molar-refractivity contribution in [2.75, 3.05) is 5.32 Å². The van der Waals surface area contributed by atoms with Gasteiger partial charge in [-0.1, -0.05) is 42.1 Å². The third-order valence-electron chi connectivity index (χ3n) is 5.30. The molecule has 3 aromatic heterocycles. The van der Waals surface area contributed by atoms with Crippen LogP contribution in [-0.4, -0.2) is 15.5 Å². The van der Waals surface area contributed by atoms with Gasteiger partial charge in [0.15, 0.2) is 5.16 Å². The number of benzene rings is 2. The standard InChI is InChI=1S/C25H19N3O4S2/c1-14(29)26-17-8-9-18-16(10-22(30)32-20(18)11-17)13-33-25-27-23-19(24(31)28(25)2)12-21(34-23)15-6-4-3-5-7-15/h3-12H,13H2,1-2H3,(H,26,29). The van der Waals surface area contributed by atoms with Crippen molar-refractivity contribution in [3.63, 3.8) is 0 Å². The van der Waals surface area contributed by atoms with Gasteiger partial charge in [-0.05, 0) is 29.3 Å². The molecule has 170 valence electrons. The predicted molar refractivity (Wildman–Crippen MR) is 137 cm³/mol. The summed E-state index contributed by atoms with van der Waals surface area (Å²) in [6.07, 6.45) is 0. The van der Waals surface area contributed by atoms with Crippen LogP contribution >= 0.6 is 23.1 Å². The van der Waals surface area contributed by atoms with Crippen molar-refractivity contribution in [2.24, 2.45) is 7.05 Å². The number of carbonyl (C=O) groups excluding carboxylic acids is 1. The topological polar surface area (TPSA) is 94.2 Å². The number of thiophene rings is 1. The van der Waals surface area contributed by atoms with Gasteiger partial charge in [-0.2, -0.15) is 0 Å². The van der Waals surface area contributed by atoms with Crippen molar-refractivity contribution in [3.05, 3.63) is 87.0 Å². The van der Waals surface area contributed by atoms with E-state index < -0.39 is 5.63 Å². The molecule has 0 aliphatic heterocycles. The summed E-state index contributed by atoms with van der Waals surface area (Å²) < 4.78 is 6.88. The molecule has 1 N–H and O–H groups in total. The third kappa shape index (κ3) is 4.27. The molecule has 0 bridgehead atoms. The van der Waals surface area contributed by atoms with E-state index in [0.29, 0.717) is 32.4 Å². The van der Waals surface area contributed by atoms with Crippen molar-refractivity contribution in [1.82, 2.24) is 9.55 Å². The van der Waals surface area contributed by atoms with Gasteiger partial charge in [-0.15, -0.1) is 11.3 Å². The lowest BCUT2D eigenvalue weighted by Crippen LogP contribution is -2.19. The molecule has 5 aromatic rings. The Morgan fingerprint density at radius 3 is 2.65 bits per heavy atom. The fraction of sp³-hybridized carbons (Fsp3) is 0.120. The zero-order chi connectivity index (χ0) is 23.8. The molecule has 0 radical (unpaired) electrons. The van der Waals surface area contributed by atoms with Gasteiger partial charge in [0.2, 0.25) is 5.91 Å². The number of amides is 1. The summed E-state index contributed by atoms with van der Waals surface area (Å²) in [6, 6.07) is 18.4. The maximum Gasteiger partial charge on any atom is 0.336 e. The van der Waals surface area contributed by atoms with Crippen LogP contribution < -0.4 is 16.5 Å². The first-order valence-electron chi connectivity index (χ1n) is 10.4. The third-order valence-corrected chi connectivity index (χ3v) is 7.45. The van der Waals surface area contributed by atoms with Crippen LogP contribution in [0.5, 0.6) is 0 Å². The van der Waals surface area contributed by atoms with Crippen molar-refractivity contribution in [2.45, 2.75) is 17.8 Å². The molecule has 1 amide bonds. The van der Waals surface area contributed by atoms with Crippen LogP contribution in [0.25, 0.3) is 31.6 Å². The van der Waals surface area contributed by atoms with E-state index in [4.69, 9.17) is 9.40 Å². The monoisotopic (exact) mass is 489 g/mol. The average molecular weight is 490 g/mol. The molecule has 0 aliphatic carbocycles. The Labute approximate surface area is 202 Å². The Bertz CT molecular complexity index is 1670. The van der Waals surface area contributed by atoms with Crippen LogP contribution in [0.1, 0.15) is 12.5 Å². The van der Waals surface area contributed by atoms with Gasteiger partial charge in [0, 0.05) is 47.8 Å². The zero-order valence-electron chi connectivity index (χ0n) is 18.3. The Kier molecular flexibility index (Phi) is 5.80. The lowest BCUT2D eigenvalue weighted by molar-refractivity contribution is -0.114. The largest absolute Gasteiger partial charge is 0.423 e. The van der Waals surface area contributed by atoms with E-state index in [1.54, 1.807) is 25.2 Å². The second kappa shape index (κ2) is 8.92. The van der Waals surface area contributed by atoms with Gasteiger partial charge >= 0.3 is 5.63 Å². The van der Waals surface area contributed by atoms with Gasteiger partial charge in [-0.3, -0.25) is 14.2 Å². The average Bonchev–Trinajstić information content (AvgIpc) is 3.24. The minimum atomic E-state index is -0.480. The van der Waals surface area contributed by atoms with Crippen LogP contribution in [0.15, 0.2) is 79.8 Å². The lowest BCUT2D eigenvalue weighted by Gasteiger charge is -2.09. The number of thioether (sulfide) groups is 1. The maximum absolute atomic E-state index is 13.0. The fourth-order valence-electron chi connectivity index (χ4n) is 3.69. The summed E-state index contributed by atoms with van der Waals surface area (Å²) >= 11 is 2.86. The summed E-state index contributed by atoms with van der Waals surface area (Å²) in [5.74, 6) is 0.212. The molecule has 0 spiro atoms. The molecule has 5 rings (SSSR count). The highest BCUT2D eigenvalue weighted by molar-refractivity contribution is 7.98. The van der Waals surface area contributed by atoms with Crippen molar-refractivity contribution in [3.8, 4) is 10.4 Å². The molecule has 34 heavy (non-hydrogen) atoms. The maximum atomic E-state index is 13.0. The minimum Gasteiger partial charge on any atom is -0.423 e. The molecular weight excluding hydrogens is 470 g/mol. The van der Waals surface area contributed by atoms with Crippen molar-refractivity contribution < 1.29 is 9.21 Å². The quantitative estimate of drug-likeness (QED) is 0.212. The second-order valence-electron chi connectivity index (χ2n) is 7.73. The molecule has 0 fully saturated rings. The number of carbonyl (C=O) groups is 1. The molecule has 7 nitrogen and oxygen atoms in total. The first kappa shape index (κ1) is 22.1. The number of hydrogen-bond donors (Lipinski definition) is 1. The molecule has 0 saturated carbocycles. The van der Waals surface area contributed by atoms with E-state index in [1.165, 1.54) is 40.7 Å². The SMILES string of the molecule is CC(=O)Nc1ccc2c(CSc3nc4sc(-c5ccccc5)cc4c(=O)n3C)cc(=O)oc2c1. The van der Waals surface area contributed by atoms with E-state index in [9.17, 15) is 14.4 Å². The van der Waals surface area contributed by atoms with E-state index in [0.717, 1.165) is 21.4 Å². The molecule has 0 atom stereocenters. The van der Waals surface area contributed by atoms with Gasteiger partial charge in [-0.25, -0.2) is 9.78 Å². The molecule has 0 saturated heterocycles.